The summed E-state index contributed by atoms with van der Waals surface area (Å²) in [4.78, 5) is 36.2. The number of aliphatic carboxylic acids is 3. The van der Waals surface area contributed by atoms with Crippen molar-refractivity contribution in [3.63, 3.8) is 0 Å². The van der Waals surface area contributed by atoms with Gasteiger partial charge in [-0.1, -0.05) is 6.07 Å². The smallest absolute Gasteiger partial charge is 0.481 e. The van der Waals surface area contributed by atoms with Crippen molar-refractivity contribution in [3.05, 3.63) is 23.9 Å². The molecule has 46 heavy (non-hydrogen) atoms. The highest BCUT2D eigenvalue weighted by atomic mass is 19.4. The lowest BCUT2D eigenvalue weighted by molar-refractivity contribution is -0.193. The number of halogens is 9. The van der Waals surface area contributed by atoms with Gasteiger partial charge in [-0.15, -0.1) is 0 Å². The molecule has 2 saturated heterocycles. The fourth-order valence-corrected chi connectivity index (χ4v) is 4.67. The maximum absolute atomic E-state index is 10.6. The number of alkyl halides is 9. The lowest BCUT2D eigenvalue weighted by atomic mass is 9.76. The van der Waals surface area contributed by atoms with Crippen LogP contribution in [0.5, 0.6) is 5.88 Å². The molecule has 0 bridgehead atoms. The molecular weight excluding hydrogens is 653 g/mol. The topological polar surface area (TPSA) is 150 Å². The third-order valence-corrected chi connectivity index (χ3v) is 6.76. The van der Waals surface area contributed by atoms with Gasteiger partial charge < -0.3 is 24.8 Å². The first-order valence-corrected chi connectivity index (χ1v) is 13.3. The van der Waals surface area contributed by atoms with E-state index in [4.69, 9.17) is 39.2 Å². The summed E-state index contributed by atoms with van der Waals surface area (Å²) < 4.78 is 106. The number of nitrogens with zero attached hydrogens (tertiary/aromatic N) is 3. The molecule has 20 heteroatoms. The van der Waals surface area contributed by atoms with E-state index >= 15 is 0 Å². The maximum Gasteiger partial charge on any atom is 0.490 e. The van der Waals surface area contributed by atoms with Crippen molar-refractivity contribution in [2.24, 2.45) is 5.41 Å². The lowest BCUT2D eigenvalue weighted by Gasteiger charge is -2.39. The molecule has 3 heterocycles. The number of ether oxygens (including phenoxy) is 2. The van der Waals surface area contributed by atoms with Gasteiger partial charge in [0.15, 0.2) is 0 Å². The van der Waals surface area contributed by atoms with E-state index in [9.17, 15) is 39.5 Å². The second-order valence-corrected chi connectivity index (χ2v) is 10.4. The molecule has 0 aromatic carbocycles. The van der Waals surface area contributed by atoms with Gasteiger partial charge in [-0.25, -0.2) is 19.4 Å². The van der Waals surface area contributed by atoms with Crippen LogP contribution in [-0.2, 0) is 25.7 Å². The van der Waals surface area contributed by atoms with Crippen LogP contribution in [-0.4, -0.2) is 119 Å². The van der Waals surface area contributed by atoms with Crippen LogP contribution in [0, 0.1) is 5.41 Å². The van der Waals surface area contributed by atoms with Crippen LogP contribution in [0.4, 0.5) is 39.5 Å². The molecule has 3 rings (SSSR count). The van der Waals surface area contributed by atoms with Crippen LogP contribution in [0.15, 0.2) is 18.3 Å². The third-order valence-electron chi connectivity index (χ3n) is 6.76. The largest absolute Gasteiger partial charge is 0.490 e. The molecule has 1 spiro atoms. The molecule has 0 radical (unpaired) electrons. The summed E-state index contributed by atoms with van der Waals surface area (Å²) >= 11 is 0. The fraction of sp³-hybridized carbons (Fsp3) is 0.692. The second-order valence-electron chi connectivity index (χ2n) is 10.4. The minimum atomic E-state index is -5.08. The Hall–Kier alpha value is -3.39. The van der Waals surface area contributed by atoms with E-state index < -0.39 is 36.4 Å². The summed E-state index contributed by atoms with van der Waals surface area (Å²) in [6.45, 7) is 9.95. The third kappa shape index (κ3) is 15.3. The Kier molecular flexibility index (Phi) is 16.7. The number of carboxylic acid groups (broad SMARTS) is 3. The minimum absolute atomic E-state index is 0.475. The van der Waals surface area contributed by atoms with Gasteiger partial charge in [0, 0.05) is 44.0 Å². The molecular formula is C26H36F9N3O8. The van der Waals surface area contributed by atoms with E-state index in [1.54, 1.807) is 13.3 Å². The molecule has 1 aromatic heterocycles. The van der Waals surface area contributed by atoms with Crippen molar-refractivity contribution in [1.82, 2.24) is 14.8 Å². The van der Waals surface area contributed by atoms with Gasteiger partial charge >= 0.3 is 36.4 Å². The highest BCUT2D eigenvalue weighted by Gasteiger charge is 2.46. The monoisotopic (exact) mass is 689 g/mol. The number of carbonyl (C=O) groups is 3. The average Bonchev–Trinajstić information content (AvgIpc) is 3.28. The SMILES string of the molecule is COCC1CC2(CCN(Cc3cccnc3OC)CC2)CN1C(C)C.O=C(O)C(F)(F)F.O=C(O)C(F)(F)F.O=C(O)C(F)(F)F. The quantitative estimate of drug-likeness (QED) is 0.357. The highest BCUT2D eigenvalue weighted by Crippen LogP contribution is 2.44. The molecule has 1 aromatic rings. The molecule has 3 N–H and O–H groups in total. The zero-order chi connectivity index (χ0) is 36.1. The number of rotatable bonds is 6. The number of hydrogen-bond donors (Lipinski definition) is 3. The Morgan fingerprint density at radius 1 is 0.913 bits per heavy atom. The van der Waals surface area contributed by atoms with E-state index in [0.29, 0.717) is 17.5 Å². The first-order chi connectivity index (χ1) is 20.9. The van der Waals surface area contributed by atoms with Crippen LogP contribution in [0.25, 0.3) is 0 Å². The summed E-state index contributed by atoms with van der Waals surface area (Å²) in [7, 11) is 3.53. The zero-order valence-corrected chi connectivity index (χ0v) is 25.2. The molecule has 266 valence electrons. The molecule has 11 nitrogen and oxygen atoms in total. The van der Waals surface area contributed by atoms with Gasteiger partial charge in [0.25, 0.3) is 0 Å². The Bertz CT molecular complexity index is 1050. The van der Waals surface area contributed by atoms with Crippen LogP contribution < -0.4 is 4.74 Å². The predicted molar refractivity (Wildman–Crippen MR) is 141 cm³/mol. The molecule has 0 saturated carbocycles. The number of likely N-dealkylation sites (tertiary alicyclic amines) is 2. The van der Waals surface area contributed by atoms with Gasteiger partial charge in [-0.3, -0.25) is 9.80 Å². The standard InChI is InChI=1S/C20H33N3O2.3C2HF3O2/c1-16(2)23-15-20(12-18(23)14-24-3)7-10-22(11-8-20)13-17-6-5-9-21-19(17)25-4;3*3-2(4,5)1(6)7/h5-6,9,16,18H,7-8,10-15H2,1-4H3;3*(H,6,7). The van der Waals surface area contributed by atoms with Crippen LogP contribution >= 0.6 is 0 Å². The van der Waals surface area contributed by atoms with Crippen molar-refractivity contribution in [3.8, 4) is 5.88 Å². The molecule has 1 atom stereocenters. The molecule has 0 amide bonds. The van der Waals surface area contributed by atoms with Gasteiger partial charge in [-0.05, 0) is 57.7 Å². The van der Waals surface area contributed by atoms with Gasteiger partial charge in [-0.2, -0.15) is 39.5 Å². The molecule has 0 aliphatic carbocycles. The number of piperidine rings is 1. The summed E-state index contributed by atoms with van der Waals surface area (Å²) in [5.74, 6) is -7.51. The number of hydrogen-bond acceptors (Lipinski definition) is 8. The summed E-state index contributed by atoms with van der Waals surface area (Å²) in [6.07, 6.45) is -9.62. The average molecular weight is 690 g/mol. The van der Waals surface area contributed by atoms with Gasteiger partial charge in [0.1, 0.15) is 0 Å². The molecule has 2 aliphatic heterocycles. The van der Waals surface area contributed by atoms with Crippen LogP contribution in [0.1, 0.15) is 38.7 Å². The summed E-state index contributed by atoms with van der Waals surface area (Å²) in [6, 6.07) is 5.30. The van der Waals surface area contributed by atoms with Crippen molar-refractivity contribution in [2.75, 3.05) is 40.5 Å². The minimum Gasteiger partial charge on any atom is -0.481 e. The van der Waals surface area contributed by atoms with Crippen molar-refractivity contribution in [2.45, 2.75) is 70.3 Å². The van der Waals surface area contributed by atoms with E-state index in [0.717, 1.165) is 32.1 Å². The maximum atomic E-state index is 10.6. The van der Waals surface area contributed by atoms with Crippen molar-refractivity contribution in [1.29, 1.82) is 0 Å². The number of methoxy groups -OCH3 is 2. The van der Waals surface area contributed by atoms with E-state index in [-0.39, 0.29) is 0 Å². The van der Waals surface area contributed by atoms with Crippen molar-refractivity contribution >= 4 is 17.9 Å². The lowest BCUT2D eigenvalue weighted by Crippen LogP contribution is -2.42. The normalized spacial score (nSPS) is 18.3. The van der Waals surface area contributed by atoms with Gasteiger partial charge in [0.05, 0.1) is 13.7 Å². The fourth-order valence-electron chi connectivity index (χ4n) is 4.67. The van der Waals surface area contributed by atoms with Gasteiger partial charge in [0.2, 0.25) is 5.88 Å². The second kappa shape index (κ2) is 18.1. The summed E-state index contributed by atoms with van der Waals surface area (Å²) in [5.41, 5.74) is 1.66. The molecule has 2 aliphatic rings. The van der Waals surface area contributed by atoms with Crippen LogP contribution in [0.3, 0.4) is 0 Å². The Morgan fingerprint density at radius 3 is 1.70 bits per heavy atom. The highest BCUT2D eigenvalue weighted by molar-refractivity contribution is 5.73. The Labute approximate surface area is 257 Å². The Balaban J connectivity index is 0.000000786. The number of carboxylic acids is 3. The first-order valence-electron chi connectivity index (χ1n) is 13.3. The number of aromatic nitrogens is 1. The van der Waals surface area contributed by atoms with Crippen LogP contribution in [0.2, 0.25) is 0 Å². The predicted octanol–water partition coefficient (Wildman–Crippen LogP) is 4.70. The van der Waals surface area contributed by atoms with E-state index in [2.05, 4.69) is 34.7 Å². The first kappa shape index (κ1) is 42.6. The van der Waals surface area contributed by atoms with E-state index in [1.165, 1.54) is 31.4 Å². The number of pyridine rings is 1. The summed E-state index contributed by atoms with van der Waals surface area (Å²) in [5, 5.41) is 21.4. The molecule has 1 unspecified atom stereocenters. The van der Waals surface area contributed by atoms with E-state index in [1.807, 2.05) is 13.2 Å². The Morgan fingerprint density at radius 2 is 1.35 bits per heavy atom. The zero-order valence-electron chi connectivity index (χ0n) is 25.2. The molecule has 2 fully saturated rings. The van der Waals surface area contributed by atoms with Crippen molar-refractivity contribution < 1.29 is 78.7 Å².